The molecule has 8 heteroatoms. The molecule has 1 rings (SSSR count). The highest BCUT2D eigenvalue weighted by molar-refractivity contribution is 8.13. The van der Waals surface area contributed by atoms with Crippen LogP contribution in [0, 0.1) is 5.82 Å². The van der Waals surface area contributed by atoms with Crippen molar-refractivity contribution in [2.24, 2.45) is 0 Å². The van der Waals surface area contributed by atoms with Crippen LogP contribution >= 0.6 is 22.3 Å². The Morgan fingerprint density at radius 3 is 2.45 bits per heavy atom. The van der Waals surface area contributed by atoms with Crippen molar-refractivity contribution in [3.8, 4) is 0 Å². The first-order valence-electron chi connectivity index (χ1n) is 5.80. The molecule has 1 aromatic rings. The highest BCUT2D eigenvalue weighted by atomic mass is 35.7. The molecule has 1 aromatic carbocycles. The van der Waals surface area contributed by atoms with Crippen LogP contribution in [0.15, 0.2) is 17.0 Å². The third kappa shape index (κ3) is 3.62. The van der Waals surface area contributed by atoms with Gasteiger partial charge in [0.25, 0.3) is 15.0 Å². The van der Waals surface area contributed by atoms with Crippen molar-refractivity contribution >= 4 is 37.2 Å². The summed E-state index contributed by atoms with van der Waals surface area (Å²) in [5.41, 5.74) is -0.417. The normalized spacial score (nSPS) is 13.1. The second-order valence-electron chi connectivity index (χ2n) is 4.38. The Labute approximate surface area is 126 Å². The number of hydrogen-bond donors (Lipinski definition) is 0. The Morgan fingerprint density at radius 2 is 2.00 bits per heavy atom. The molecule has 1 atom stereocenters. The fraction of sp³-hybridized carbons (Fsp3) is 0.417. The van der Waals surface area contributed by atoms with E-state index in [1.54, 1.807) is 6.92 Å². The van der Waals surface area contributed by atoms with E-state index in [9.17, 15) is 17.6 Å². The number of benzene rings is 1. The Morgan fingerprint density at radius 1 is 1.45 bits per heavy atom. The predicted octanol–water partition coefficient (Wildman–Crippen LogP) is 3.28. The summed E-state index contributed by atoms with van der Waals surface area (Å²) >= 11 is 5.73. The van der Waals surface area contributed by atoms with E-state index in [4.69, 9.17) is 22.3 Å². The maximum absolute atomic E-state index is 14.2. The zero-order chi connectivity index (χ0) is 15.7. The molecule has 0 saturated carbocycles. The van der Waals surface area contributed by atoms with E-state index < -0.39 is 31.2 Å². The standard InChI is InChI=1S/C12H14Cl2FNO3S/c1-4-7(2)16(3)12(17)9-5-8(13)6-10(11(9)15)20(14,18)19/h5-7H,4H2,1-3H3. The van der Waals surface area contributed by atoms with Crippen LogP contribution in [-0.2, 0) is 9.05 Å². The molecule has 0 bridgehead atoms. The number of rotatable bonds is 4. The van der Waals surface area contributed by atoms with Crippen molar-refractivity contribution in [3.05, 3.63) is 28.5 Å². The first kappa shape index (κ1) is 17.2. The van der Waals surface area contributed by atoms with Gasteiger partial charge in [0, 0.05) is 28.8 Å². The third-order valence-corrected chi connectivity index (χ3v) is 4.61. The Bertz CT molecular complexity index is 634. The summed E-state index contributed by atoms with van der Waals surface area (Å²) in [7, 11) is 2.31. The van der Waals surface area contributed by atoms with Gasteiger partial charge in [0.15, 0.2) is 5.82 Å². The second-order valence-corrected chi connectivity index (χ2v) is 7.35. The summed E-state index contributed by atoms with van der Waals surface area (Å²) < 4.78 is 36.7. The molecule has 112 valence electrons. The summed E-state index contributed by atoms with van der Waals surface area (Å²) in [5, 5.41) is -0.0773. The van der Waals surface area contributed by atoms with Crippen LogP contribution in [0.3, 0.4) is 0 Å². The van der Waals surface area contributed by atoms with E-state index in [1.807, 2.05) is 6.92 Å². The number of halogens is 3. The molecule has 1 unspecified atom stereocenters. The highest BCUT2D eigenvalue weighted by Gasteiger charge is 2.26. The maximum Gasteiger partial charge on any atom is 0.264 e. The molecule has 0 heterocycles. The molecule has 0 spiro atoms. The van der Waals surface area contributed by atoms with E-state index >= 15 is 0 Å². The molecule has 0 aliphatic rings. The molecule has 0 fully saturated rings. The first-order valence-corrected chi connectivity index (χ1v) is 8.49. The summed E-state index contributed by atoms with van der Waals surface area (Å²) in [5.74, 6) is -1.84. The van der Waals surface area contributed by atoms with E-state index in [-0.39, 0.29) is 11.1 Å². The predicted molar refractivity (Wildman–Crippen MR) is 76.3 cm³/mol. The van der Waals surface area contributed by atoms with Crippen molar-refractivity contribution < 1.29 is 17.6 Å². The monoisotopic (exact) mass is 341 g/mol. The molecule has 4 nitrogen and oxygen atoms in total. The molecule has 0 aliphatic heterocycles. The fourth-order valence-corrected chi connectivity index (χ4v) is 2.77. The van der Waals surface area contributed by atoms with Gasteiger partial charge in [-0.1, -0.05) is 18.5 Å². The largest absolute Gasteiger partial charge is 0.339 e. The number of hydrogen-bond acceptors (Lipinski definition) is 3. The Balaban J connectivity index is 3.40. The Hall–Kier alpha value is -0.850. The molecule has 0 N–H and O–H groups in total. The van der Waals surface area contributed by atoms with Gasteiger partial charge in [0.2, 0.25) is 0 Å². The lowest BCUT2D eigenvalue weighted by Crippen LogP contribution is -2.35. The lowest BCUT2D eigenvalue weighted by Gasteiger charge is -2.24. The quantitative estimate of drug-likeness (QED) is 0.789. The van der Waals surface area contributed by atoms with Gasteiger partial charge < -0.3 is 4.90 Å². The smallest absolute Gasteiger partial charge is 0.264 e. The van der Waals surface area contributed by atoms with Gasteiger partial charge in [-0.05, 0) is 25.5 Å². The van der Waals surface area contributed by atoms with Crippen molar-refractivity contribution in [2.75, 3.05) is 7.05 Å². The lowest BCUT2D eigenvalue weighted by atomic mass is 10.1. The SMILES string of the molecule is CCC(C)N(C)C(=O)c1cc(Cl)cc(S(=O)(=O)Cl)c1F. The van der Waals surface area contributed by atoms with E-state index in [2.05, 4.69) is 0 Å². The molecule has 1 amide bonds. The minimum Gasteiger partial charge on any atom is -0.339 e. The Kier molecular flexibility index (Phi) is 5.40. The lowest BCUT2D eigenvalue weighted by molar-refractivity contribution is 0.0735. The van der Waals surface area contributed by atoms with Crippen molar-refractivity contribution in [1.29, 1.82) is 0 Å². The van der Waals surface area contributed by atoms with Crippen LogP contribution in [0.5, 0.6) is 0 Å². The third-order valence-electron chi connectivity index (χ3n) is 3.07. The number of carbonyl (C=O) groups is 1. The topological polar surface area (TPSA) is 54.5 Å². The zero-order valence-corrected chi connectivity index (χ0v) is 13.5. The van der Waals surface area contributed by atoms with Crippen LogP contribution in [-0.4, -0.2) is 32.3 Å². The number of amides is 1. The molecular formula is C12H14Cl2FNO3S. The number of carbonyl (C=O) groups excluding carboxylic acids is 1. The van der Waals surface area contributed by atoms with Gasteiger partial charge >= 0.3 is 0 Å². The van der Waals surface area contributed by atoms with Gasteiger partial charge in [0.05, 0.1) is 5.56 Å². The van der Waals surface area contributed by atoms with Crippen molar-refractivity contribution in [3.63, 3.8) is 0 Å². The fourth-order valence-electron chi connectivity index (χ4n) is 1.56. The second kappa shape index (κ2) is 6.28. The number of nitrogens with zero attached hydrogens (tertiary/aromatic N) is 1. The summed E-state index contributed by atoms with van der Waals surface area (Å²) in [4.78, 5) is 12.7. The first-order chi connectivity index (χ1) is 9.09. The average Bonchev–Trinajstić information content (AvgIpc) is 2.37. The summed E-state index contributed by atoms with van der Waals surface area (Å²) in [6.45, 7) is 3.66. The van der Waals surface area contributed by atoms with E-state index in [1.165, 1.54) is 11.9 Å². The highest BCUT2D eigenvalue weighted by Crippen LogP contribution is 2.27. The van der Waals surface area contributed by atoms with Gasteiger partial charge in [-0.3, -0.25) is 4.79 Å². The molecule has 0 saturated heterocycles. The average molecular weight is 342 g/mol. The van der Waals surface area contributed by atoms with Gasteiger partial charge in [-0.2, -0.15) is 0 Å². The van der Waals surface area contributed by atoms with Crippen LogP contribution in [0.1, 0.15) is 30.6 Å². The van der Waals surface area contributed by atoms with Crippen LogP contribution in [0.25, 0.3) is 0 Å². The molecule has 0 aliphatic carbocycles. The molecule has 0 aromatic heterocycles. The van der Waals surface area contributed by atoms with Gasteiger partial charge in [-0.25, -0.2) is 12.8 Å². The minimum atomic E-state index is -4.32. The van der Waals surface area contributed by atoms with Crippen LogP contribution < -0.4 is 0 Å². The van der Waals surface area contributed by atoms with E-state index in [0.717, 1.165) is 12.1 Å². The molecule has 0 radical (unpaired) electrons. The van der Waals surface area contributed by atoms with Crippen LogP contribution in [0.2, 0.25) is 5.02 Å². The molecule has 20 heavy (non-hydrogen) atoms. The minimum absolute atomic E-state index is 0.0773. The van der Waals surface area contributed by atoms with E-state index in [0.29, 0.717) is 6.42 Å². The van der Waals surface area contributed by atoms with Crippen molar-refractivity contribution in [1.82, 2.24) is 4.90 Å². The summed E-state index contributed by atoms with van der Waals surface area (Å²) in [6, 6.07) is 1.83. The van der Waals surface area contributed by atoms with Gasteiger partial charge in [-0.15, -0.1) is 0 Å². The zero-order valence-electron chi connectivity index (χ0n) is 11.2. The maximum atomic E-state index is 14.2. The molecular weight excluding hydrogens is 328 g/mol. The van der Waals surface area contributed by atoms with Crippen LogP contribution in [0.4, 0.5) is 4.39 Å². The van der Waals surface area contributed by atoms with Crippen molar-refractivity contribution in [2.45, 2.75) is 31.2 Å². The van der Waals surface area contributed by atoms with Gasteiger partial charge in [0.1, 0.15) is 4.90 Å². The summed E-state index contributed by atoms with van der Waals surface area (Å²) in [6.07, 6.45) is 0.672.